The highest BCUT2D eigenvalue weighted by atomic mass is 16.5. The van der Waals surface area contributed by atoms with Crippen molar-refractivity contribution in [2.45, 2.75) is 187 Å². The van der Waals surface area contributed by atoms with Crippen LogP contribution in [0.5, 0.6) is 0 Å². The maximum Gasteiger partial charge on any atom is 0.102 e. The number of unbranched alkanes of at least 4 members (excludes halogenated alkanes) is 15. The van der Waals surface area contributed by atoms with Crippen LogP contribution < -0.4 is 5.73 Å². The van der Waals surface area contributed by atoms with Crippen LogP contribution in [0, 0.1) is 0 Å². The first kappa shape index (κ1) is 37.8. The molecule has 0 aromatic carbocycles. The molecule has 0 rings (SSSR count). The van der Waals surface area contributed by atoms with Crippen molar-refractivity contribution in [3.05, 3.63) is 0 Å². The number of hydrogen-bond acceptors (Lipinski definition) is 5. The predicted molar refractivity (Wildman–Crippen MR) is 164 cm³/mol. The lowest BCUT2D eigenvalue weighted by Gasteiger charge is -2.17. The van der Waals surface area contributed by atoms with E-state index in [0.29, 0.717) is 12.2 Å². The highest BCUT2D eigenvalue weighted by Crippen LogP contribution is 2.19. The second kappa shape index (κ2) is 31.3. The molecule has 0 radical (unpaired) electrons. The van der Waals surface area contributed by atoms with Gasteiger partial charge in [-0.3, -0.25) is 0 Å². The summed E-state index contributed by atoms with van der Waals surface area (Å²) in [7, 11) is 0. The van der Waals surface area contributed by atoms with Crippen molar-refractivity contribution in [1.82, 2.24) is 0 Å². The quantitative estimate of drug-likeness (QED) is 0.0654. The Morgan fingerprint density at radius 1 is 0.447 bits per heavy atom. The highest BCUT2D eigenvalue weighted by molar-refractivity contribution is 4.62. The lowest BCUT2D eigenvalue weighted by molar-refractivity contribution is 0.0461. The normalized spacial score (nSPS) is 14.1. The SMILES string of the molecule is CCOCCCCCCCCCC(CCCCCCCCC(CCCCCCCC(N)O)OCC)OCC. The number of nitrogens with two attached hydrogens (primary N) is 1. The topological polar surface area (TPSA) is 73.9 Å². The lowest BCUT2D eigenvalue weighted by atomic mass is 10.0. The van der Waals surface area contributed by atoms with Gasteiger partial charge in [0.15, 0.2) is 0 Å². The van der Waals surface area contributed by atoms with Crippen LogP contribution in [-0.4, -0.2) is 50.0 Å². The molecule has 0 saturated heterocycles. The van der Waals surface area contributed by atoms with E-state index in [1.165, 1.54) is 135 Å². The van der Waals surface area contributed by atoms with Crippen LogP contribution in [0.2, 0.25) is 0 Å². The fourth-order valence-corrected chi connectivity index (χ4v) is 5.40. The van der Waals surface area contributed by atoms with Crippen LogP contribution in [0.25, 0.3) is 0 Å². The lowest BCUT2D eigenvalue weighted by Crippen LogP contribution is -2.17. The minimum Gasteiger partial charge on any atom is -0.382 e. The third-order valence-corrected chi connectivity index (χ3v) is 7.65. The molecule has 0 aliphatic rings. The summed E-state index contributed by atoms with van der Waals surface area (Å²) in [5, 5.41) is 9.12. The Morgan fingerprint density at radius 3 is 1.08 bits per heavy atom. The maximum atomic E-state index is 9.12. The van der Waals surface area contributed by atoms with Crippen LogP contribution in [-0.2, 0) is 14.2 Å². The van der Waals surface area contributed by atoms with Gasteiger partial charge in [0.25, 0.3) is 0 Å². The Hall–Kier alpha value is -0.200. The summed E-state index contributed by atoms with van der Waals surface area (Å²) in [6, 6.07) is 0. The summed E-state index contributed by atoms with van der Waals surface area (Å²) in [5.41, 5.74) is 5.40. The molecule has 0 spiro atoms. The summed E-state index contributed by atoms with van der Waals surface area (Å²) in [6.45, 7) is 9.80. The summed E-state index contributed by atoms with van der Waals surface area (Å²) in [4.78, 5) is 0. The van der Waals surface area contributed by atoms with Gasteiger partial charge < -0.3 is 25.1 Å². The van der Waals surface area contributed by atoms with Gasteiger partial charge in [-0.2, -0.15) is 0 Å². The molecule has 3 atom stereocenters. The Morgan fingerprint density at radius 2 is 0.763 bits per heavy atom. The molecule has 0 aromatic rings. The minimum atomic E-state index is -0.638. The second-order valence-electron chi connectivity index (χ2n) is 11.2. The molecule has 5 heteroatoms. The zero-order valence-electron chi connectivity index (χ0n) is 26.1. The summed E-state index contributed by atoms with van der Waals surface area (Å²) >= 11 is 0. The first-order chi connectivity index (χ1) is 18.6. The van der Waals surface area contributed by atoms with E-state index in [4.69, 9.17) is 25.1 Å². The molecule has 0 aromatic heterocycles. The molecule has 0 heterocycles. The number of rotatable bonds is 32. The van der Waals surface area contributed by atoms with E-state index < -0.39 is 6.23 Å². The predicted octanol–water partition coefficient (Wildman–Crippen LogP) is 9.08. The van der Waals surface area contributed by atoms with E-state index in [9.17, 15) is 0 Å². The molecule has 38 heavy (non-hydrogen) atoms. The molecule has 0 bridgehead atoms. The van der Waals surface area contributed by atoms with Gasteiger partial charge in [-0.15, -0.1) is 0 Å². The van der Waals surface area contributed by atoms with Gasteiger partial charge >= 0.3 is 0 Å². The van der Waals surface area contributed by atoms with Gasteiger partial charge in [-0.05, 0) is 65.7 Å². The number of hydrogen-bond donors (Lipinski definition) is 2. The zero-order chi connectivity index (χ0) is 27.9. The summed E-state index contributed by atoms with van der Waals surface area (Å²) in [5.74, 6) is 0. The standard InChI is InChI=1S/C33H69NO4/c1-4-36-30-24-18-11-7-8-13-19-25-31(37-5-2)26-20-14-9-10-15-21-27-32(38-6-3)28-22-16-12-17-23-29-33(34)35/h31-33,35H,4-30,34H2,1-3H3. The average Bonchev–Trinajstić information content (AvgIpc) is 2.90. The Balaban J connectivity index is 3.65. The van der Waals surface area contributed by atoms with E-state index in [1.54, 1.807) is 0 Å². The van der Waals surface area contributed by atoms with Gasteiger partial charge in [-0.1, -0.05) is 103 Å². The monoisotopic (exact) mass is 544 g/mol. The van der Waals surface area contributed by atoms with Crippen molar-refractivity contribution < 1.29 is 19.3 Å². The number of aliphatic hydroxyl groups excluding tert-OH is 1. The van der Waals surface area contributed by atoms with E-state index in [2.05, 4.69) is 20.8 Å². The molecule has 0 aliphatic heterocycles. The first-order valence-corrected chi connectivity index (χ1v) is 16.9. The van der Waals surface area contributed by atoms with Gasteiger partial charge in [0.05, 0.1) is 12.2 Å². The van der Waals surface area contributed by atoms with Gasteiger partial charge in [0, 0.05) is 26.4 Å². The minimum absolute atomic E-state index is 0.443. The number of aliphatic hydroxyl groups is 1. The molecule has 3 unspecified atom stereocenters. The second-order valence-corrected chi connectivity index (χ2v) is 11.2. The van der Waals surface area contributed by atoms with Crippen molar-refractivity contribution in [2.75, 3.05) is 26.4 Å². The molecule has 0 aliphatic carbocycles. The van der Waals surface area contributed by atoms with Gasteiger partial charge in [0.2, 0.25) is 0 Å². The van der Waals surface area contributed by atoms with E-state index in [0.717, 1.165) is 39.3 Å². The Kier molecular flexibility index (Phi) is 31.2. The molecule has 0 saturated carbocycles. The molecular weight excluding hydrogens is 474 g/mol. The molecule has 0 fully saturated rings. The van der Waals surface area contributed by atoms with Crippen molar-refractivity contribution in [1.29, 1.82) is 0 Å². The van der Waals surface area contributed by atoms with E-state index in [1.807, 2.05) is 0 Å². The van der Waals surface area contributed by atoms with Crippen LogP contribution in [0.15, 0.2) is 0 Å². The van der Waals surface area contributed by atoms with Crippen molar-refractivity contribution >= 4 is 0 Å². The Bertz CT molecular complexity index is 435. The molecule has 230 valence electrons. The fourth-order valence-electron chi connectivity index (χ4n) is 5.40. The van der Waals surface area contributed by atoms with Crippen molar-refractivity contribution in [2.24, 2.45) is 5.73 Å². The molecule has 0 amide bonds. The van der Waals surface area contributed by atoms with Crippen LogP contribution >= 0.6 is 0 Å². The maximum absolute atomic E-state index is 9.12. The van der Waals surface area contributed by atoms with Gasteiger partial charge in [-0.25, -0.2) is 0 Å². The molecule has 3 N–H and O–H groups in total. The van der Waals surface area contributed by atoms with E-state index >= 15 is 0 Å². The van der Waals surface area contributed by atoms with E-state index in [-0.39, 0.29) is 0 Å². The number of ether oxygens (including phenoxy) is 3. The Labute approximate surface area is 238 Å². The first-order valence-electron chi connectivity index (χ1n) is 16.9. The van der Waals surface area contributed by atoms with Crippen molar-refractivity contribution in [3.8, 4) is 0 Å². The molecule has 5 nitrogen and oxygen atoms in total. The van der Waals surface area contributed by atoms with Crippen LogP contribution in [0.3, 0.4) is 0 Å². The third-order valence-electron chi connectivity index (χ3n) is 7.65. The summed E-state index contributed by atoms with van der Waals surface area (Å²) in [6.07, 6.45) is 29.2. The smallest absolute Gasteiger partial charge is 0.102 e. The summed E-state index contributed by atoms with van der Waals surface area (Å²) < 4.78 is 17.5. The third kappa shape index (κ3) is 28.8. The zero-order valence-corrected chi connectivity index (χ0v) is 26.1. The van der Waals surface area contributed by atoms with Gasteiger partial charge in [0.1, 0.15) is 6.23 Å². The molecular formula is C33H69NO4. The average molecular weight is 544 g/mol. The van der Waals surface area contributed by atoms with Crippen LogP contribution in [0.4, 0.5) is 0 Å². The highest BCUT2D eigenvalue weighted by Gasteiger charge is 2.10. The van der Waals surface area contributed by atoms with Crippen molar-refractivity contribution in [3.63, 3.8) is 0 Å². The fraction of sp³-hybridized carbons (Fsp3) is 1.00. The van der Waals surface area contributed by atoms with Crippen LogP contribution in [0.1, 0.15) is 168 Å². The largest absolute Gasteiger partial charge is 0.382 e.